The molecule has 1 N–H and O–H groups in total. The summed E-state index contributed by atoms with van der Waals surface area (Å²) in [6.45, 7) is 10.0. The van der Waals surface area contributed by atoms with Crippen molar-refractivity contribution in [2.75, 3.05) is 51.3 Å². The van der Waals surface area contributed by atoms with Crippen LogP contribution >= 0.6 is 0 Å². The van der Waals surface area contributed by atoms with E-state index in [1.165, 1.54) is 6.08 Å². The fourth-order valence-electron chi connectivity index (χ4n) is 6.20. The molecule has 0 bridgehead atoms. The van der Waals surface area contributed by atoms with Gasteiger partial charge in [0.25, 0.3) is 0 Å². The standard InChI is InChI=1S/C28H32N8O2/c1-4-22(37)36-15-28(16-36)9-11-35(14-28)26-20(12-29)24(23-18(2)7-8-21-25(23)31-17-30-21)32-27(33-26)38-13-19-6-5-10-34(19)3/h4,7-8,17,19H,1,5-6,9-11,13-16H2,2-3H3,(H,30,31)/t19-/m0/s1. The average molecular weight is 513 g/mol. The van der Waals surface area contributed by atoms with Crippen molar-refractivity contribution in [1.29, 1.82) is 5.26 Å². The first kappa shape index (κ1) is 24.4. The Bertz CT molecular complexity index is 1450. The van der Waals surface area contributed by atoms with Crippen LogP contribution < -0.4 is 9.64 Å². The number of aryl methyl sites for hydroxylation is 1. The third-order valence-electron chi connectivity index (χ3n) is 8.37. The van der Waals surface area contributed by atoms with Gasteiger partial charge in [-0.25, -0.2) is 4.98 Å². The van der Waals surface area contributed by atoms with Gasteiger partial charge in [-0.3, -0.25) is 4.79 Å². The Balaban J connectivity index is 1.39. The molecule has 0 unspecified atom stereocenters. The first-order valence-electron chi connectivity index (χ1n) is 13.2. The molecule has 3 fully saturated rings. The second kappa shape index (κ2) is 9.40. The Morgan fingerprint density at radius 3 is 2.89 bits per heavy atom. The van der Waals surface area contributed by atoms with Gasteiger partial charge in [0.15, 0.2) is 5.82 Å². The Hall–Kier alpha value is -3.97. The molecule has 196 valence electrons. The van der Waals surface area contributed by atoms with Crippen LogP contribution in [0.5, 0.6) is 6.01 Å². The van der Waals surface area contributed by atoms with E-state index in [-0.39, 0.29) is 17.3 Å². The average Bonchev–Trinajstić information content (AvgIpc) is 3.65. The molecule has 10 nitrogen and oxygen atoms in total. The summed E-state index contributed by atoms with van der Waals surface area (Å²) >= 11 is 0. The predicted octanol–water partition coefficient (Wildman–Crippen LogP) is 2.90. The van der Waals surface area contributed by atoms with Crippen molar-refractivity contribution in [3.8, 4) is 23.3 Å². The van der Waals surface area contributed by atoms with E-state index in [4.69, 9.17) is 14.7 Å². The van der Waals surface area contributed by atoms with Crippen molar-refractivity contribution in [3.05, 3.63) is 42.2 Å². The highest BCUT2D eigenvalue weighted by Crippen LogP contribution is 2.43. The minimum absolute atomic E-state index is 0.00220. The summed E-state index contributed by atoms with van der Waals surface area (Å²) in [7, 11) is 2.11. The Labute approximate surface area is 221 Å². The second-order valence-electron chi connectivity index (χ2n) is 10.9. The number of imidazole rings is 1. The summed E-state index contributed by atoms with van der Waals surface area (Å²) in [6, 6.07) is 7.00. The number of hydrogen-bond donors (Lipinski definition) is 1. The summed E-state index contributed by atoms with van der Waals surface area (Å²) in [4.78, 5) is 35.7. The third-order valence-corrected chi connectivity index (χ3v) is 8.37. The Morgan fingerprint density at radius 1 is 1.32 bits per heavy atom. The fraction of sp³-hybridized carbons (Fsp3) is 0.464. The largest absolute Gasteiger partial charge is 0.462 e. The summed E-state index contributed by atoms with van der Waals surface area (Å²) < 4.78 is 6.22. The minimum Gasteiger partial charge on any atom is -0.462 e. The summed E-state index contributed by atoms with van der Waals surface area (Å²) in [6.07, 6.45) is 6.18. The van der Waals surface area contributed by atoms with Gasteiger partial charge in [-0.2, -0.15) is 15.2 Å². The van der Waals surface area contributed by atoms with Crippen LogP contribution in [0.3, 0.4) is 0 Å². The molecule has 0 saturated carbocycles. The molecular weight excluding hydrogens is 480 g/mol. The number of likely N-dealkylation sites (tertiary alicyclic amines) is 2. The van der Waals surface area contributed by atoms with E-state index >= 15 is 0 Å². The van der Waals surface area contributed by atoms with E-state index in [1.54, 1.807) is 6.33 Å². The van der Waals surface area contributed by atoms with Crippen molar-refractivity contribution in [1.82, 2.24) is 29.7 Å². The van der Waals surface area contributed by atoms with Crippen LogP contribution in [0.25, 0.3) is 22.3 Å². The van der Waals surface area contributed by atoms with Gasteiger partial charge >= 0.3 is 6.01 Å². The number of fused-ring (bicyclic) bond motifs is 1. The van der Waals surface area contributed by atoms with E-state index in [0.29, 0.717) is 42.8 Å². The van der Waals surface area contributed by atoms with Crippen LogP contribution in [0.15, 0.2) is 31.1 Å². The number of likely N-dealkylation sites (N-methyl/N-ethyl adjacent to an activating group) is 1. The molecule has 1 amide bonds. The number of carbonyl (C=O) groups excluding carboxylic acids is 1. The van der Waals surface area contributed by atoms with Gasteiger partial charge in [-0.05, 0) is 57.5 Å². The lowest BCUT2D eigenvalue weighted by atomic mass is 9.79. The topological polar surface area (TPSA) is 114 Å². The van der Waals surface area contributed by atoms with Crippen LogP contribution in [-0.4, -0.2) is 88.1 Å². The van der Waals surface area contributed by atoms with Crippen molar-refractivity contribution in [2.45, 2.75) is 32.2 Å². The second-order valence-corrected chi connectivity index (χ2v) is 10.9. The van der Waals surface area contributed by atoms with Crippen LogP contribution in [0.2, 0.25) is 0 Å². The monoisotopic (exact) mass is 512 g/mol. The number of benzene rings is 1. The molecule has 0 radical (unpaired) electrons. The molecule has 3 aliphatic rings. The lowest BCUT2D eigenvalue weighted by Crippen LogP contribution is -2.59. The number of rotatable bonds is 6. The molecule has 10 heteroatoms. The number of amides is 1. The van der Waals surface area contributed by atoms with Gasteiger partial charge in [-0.15, -0.1) is 0 Å². The number of ether oxygens (including phenoxy) is 1. The smallest absolute Gasteiger partial charge is 0.319 e. The number of aromatic amines is 1. The maximum Gasteiger partial charge on any atom is 0.319 e. The highest BCUT2D eigenvalue weighted by molar-refractivity contribution is 5.95. The molecule has 1 spiro atoms. The maximum absolute atomic E-state index is 12.1. The minimum atomic E-state index is -0.0359. The molecule has 0 aliphatic carbocycles. The molecule has 2 aromatic heterocycles. The lowest BCUT2D eigenvalue weighted by Gasteiger charge is -2.47. The van der Waals surface area contributed by atoms with E-state index in [9.17, 15) is 10.1 Å². The fourth-order valence-corrected chi connectivity index (χ4v) is 6.20. The highest BCUT2D eigenvalue weighted by atomic mass is 16.5. The highest BCUT2D eigenvalue weighted by Gasteiger charge is 2.49. The first-order chi connectivity index (χ1) is 18.4. The molecule has 1 aromatic carbocycles. The quantitative estimate of drug-likeness (QED) is 0.502. The van der Waals surface area contributed by atoms with E-state index in [0.717, 1.165) is 61.1 Å². The zero-order valence-corrected chi connectivity index (χ0v) is 21.9. The number of carbonyl (C=O) groups is 1. The van der Waals surface area contributed by atoms with Crippen molar-refractivity contribution in [2.24, 2.45) is 5.41 Å². The molecular formula is C28H32N8O2. The molecule has 5 heterocycles. The van der Waals surface area contributed by atoms with Gasteiger partial charge in [0, 0.05) is 43.2 Å². The molecule has 3 saturated heterocycles. The van der Waals surface area contributed by atoms with Crippen molar-refractivity contribution < 1.29 is 9.53 Å². The summed E-state index contributed by atoms with van der Waals surface area (Å²) in [5.74, 6) is 0.552. The molecule has 38 heavy (non-hydrogen) atoms. The van der Waals surface area contributed by atoms with Crippen molar-refractivity contribution >= 4 is 22.8 Å². The number of anilines is 1. The molecule has 1 atom stereocenters. The third kappa shape index (κ3) is 4.07. The van der Waals surface area contributed by atoms with Gasteiger partial charge in [-0.1, -0.05) is 12.6 Å². The van der Waals surface area contributed by atoms with E-state index < -0.39 is 0 Å². The summed E-state index contributed by atoms with van der Waals surface area (Å²) in [5.41, 5.74) is 4.40. The van der Waals surface area contributed by atoms with Crippen molar-refractivity contribution in [3.63, 3.8) is 0 Å². The maximum atomic E-state index is 12.1. The van der Waals surface area contributed by atoms with Crippen LogP contribution in [0, 0.1) is 23.7 Å². The Morgan fingerprint density at radius 2 is 2.16 bits per heavy atom. The number of nitrogens with zero attached hydrogens (tertiary/aromatic N) is 7. The number of nitrogens with one attached hydrogen (secondary N) is 1. The van der Waals surface area contributed by atoms with Gasteiger partial charge in [0.2, 0.25) is 5.91 Å². The van der Waals surface area contributed by atoms with Gasteiger partial charge in [0.1, 0.15) is 18.2 Å². The van der Waals surface area contributed by atoms with Gasteiger partial charge < -0.3 is 24.4 Å². The molecule has 3 aromatic rings. The number of aromatic nitrogens is 4. The SMILES string of the molecule is C=CC(=O)N1CC2(CCN(c3nc(OC[C@@H]4CCCN4C)nc(-c4c(C)ccc5[nH]cnc45)c3C#N)C2)C1. The van der Waals surface area contributed by atoms with Crippen LogP contribution in [-0.2, 0) is 4.79 Å². The normalized spacial score (nSPS) is 20.6. The summed E-state index contributed by atoms with van der Waals surface area (Å²) in [5, 5.41) is 10.4. The van der Waals surface area contributed by atoms with Crippen LogP contribution in [0.1, 0.15) is 30.4 Å². The lowest BCUT2D eigenvalue weighted by molar-refractivity contribution is -0.136. The zero-order chi connectivity index (χ0) is 26.4. The zero-order valence-electron chi connectivity index (χ0n) is 21.9. The number of nitriles is 1. The number of H-pyrrole nitrogens is 1. The predicted molar refractivity (Wildman–Crippen MR) is 144 cm³/mol. The molecule has 6 rings (SSSR count). The van der Waals surface area contributed by atoms with E-state index in [2.05, 4.69) is 39.5 Å². The van der Waals surface area contributed by atoms with Gasteiger partial charge in [0.05, 0.1) is 23.1 Å². The van der Waals surface area contributed by atoms with E-state index in [1.807, 2.05) is 24.0 Å². The van der Waals surface area contributed by atoms with Crippen LogP contribution in [0.4, 0.5) is 5.82 Å². The molecule has 3 aliphatic heterocycles. The Kier molecular flexibility index (Phi) is 6.03. The number of hydrogen-bond acceptors (Lipinski definition) is 8. The first-order valence-corrected chi connectivity index (χ1v) is 13.2.